The molecule has 0 aliphatic carbocycles. The first-order chi connectivity index (χ1) is 8.28. The first kappa shape index (κ1) is 11.5. The first-order valence-electron chi connectivity index (χ1n) is 5.53. The molecular weight excluding hydrogens is 214 g/mol. The minimum atomic E-state index is 0.363. The minimum absolute atomic E-state index is 0.363. The fourth-order valence-corrected chi connectivity index (χ4v) is 1.43. The highest BCUT2D eigenvalue weighted by Crippen LogP contribution is 2.17. The van der Waals surface area contributed by atoms with E-state index in [1.54, 1.807) is 12.4 Å². The molecule has 2 rings (SSSR count). The lowest BCUT2D eigenvalue weighted by Gasteiger charge is -2.04. The molecule has 4 nitrogen and oxygen atoms in total. The van der Waals surface area contributed by atoms with Crippen molar-refractivity contribution in [3.63, 3.8) is 0 Å². The van der Waals surface area contributed by atoms with Crippen molar-refractivity contribution in [1.82, 2.24) is 9.97 Å². The number of hydrogen-bond acceptors (Lipinski definition) is 4. The average molecular weight is 229 g/mol. The molecule has 0 atom stereocenters. The zero-order valence-electron chi connectivity index (χ0n) is 9.76. The van der Waals surface area contributed by atoms with Gasteiger partial charge in [0.05, 0.1) is 0 Å². The summed E-state index contributed by atoms with van der Waals surface area (Å²) in [4.78, 5) is 8.16. The third-order valence-corrected chi connectivity index (χ3v) is 2.32. The summed E-state index contributed by atoms with van der Waals surface area (Å²) in [7, 11) is 0. The monoisotopic (exact) mass is 229 g/mol. The second-order valence-electron chi connectivity index (χ2n) is 3.83. The van der Waals surface area contributed by atoms with Gasteiger partial charge in [-0.3, -0.25) is 0 Å². The van der Waals surface area contributed by atoms with Crippen molar-refractivity contribution in [3.05, 3.63) is 47.8 Å². The molecule has 88 valence electrons. The maximum Gasteiger partial charge on any atom is 0.321 e. The average Bonchev–Trinajstić information content (AvgIpc) is 2.35. The highest BCUT2D eigenvalue weighted by atomic mass is 16.5. The van der Waals surface area contributed by atoms with E-state index in [0.717, 1.165) is 17.7 Å². The van der Waals surface area contributed by atoms with Crippen molar-refractivity contribution in [2.45, 2.75) is 13.3 Å². The standard InChI is InChI=1S/C13H15N3O/c1-10-8-15-13(16-9-10)17-12-4-2-11(3-5-12)6-7-14/h2-5,8-9H,6-7,14H2,1H3. The molecule has 0 spiro atoms. The summed E-state index contributed by atoms with van der Waals surface area (Å²) in [5, 5.41) is 0. The Hall–Kier alpha value is -1.94. The van der Waals surface area contributed by atoms with Gasteiger partial charge in [0.1, 0.15) is 5.75 Å². The van der Waals surface area contributed by atoms with E-state index in [2.05, 4.69) is 9.97 Å². The Kier molecular flexibility index (Phi) is 3.67. The fourth-order valence-electron chi connectivity index (χ4n) is 1.43. The van der Waals surface area contributed by atoms with Crippen LogP contribution in [0.15, 0.2) is 36.7 Å². The smallest absolute Gasteiger partial charge is 0.321 e. The maximum atomic E-state index is 5.51. The molecule has 0 unspecified atom stereocenters. The Bertz CT molecular complexity index is 465. The van der Waals surface area contributed by atoms with Crippen molar-refractivity contribution < 1.29 is 4.74 Å². The number of nitrogens with two attached hydrogens (primary N) is 1. The van der Waals surface area contributed by atoms with Gasteiger partial charge in [0.25, 0.3) is 0 Å². The van der Waals surface area contributed by atoms with Crippen molar-refractivity contribution in [3.8, 4) is 11.8 Å². The number of nitrogens with zero attached hydrogens (tertiary/aromatic N) is 2. The van der Waals surface area contributed by atoms with Crippen molar-refractivity contribution in [1.29, 1.82) is 0 Å². The molecule has 0 fully saturated rings. The van der Waals surface area contributed by atoms with Gasteiger partial charge in [0, 0.05) is 12.4 Å². The summed E-state index contributed by atoms with van der Waals surface area (Å²) in [5.41, 5.74) is 7.69. The van der Waals surface area contributed by atoms with E-state index in [4.69, 9.17) is 10.5 Å². The summed E-state index contributed by atoms with van der Waals surface area (Å²) in [5.74, 6) is 0.731. The molecule has 0 saturated heterocycles. The van der Waals surface area contributed by atoms with Crippen LogP contribution in [0.2, 0.25) is 0 Å². The van der Waals surface area contributed by atoms with E-state index in [1.165, 1.54) is 5.56 Å². The molecular formula is C13H15N3O. The second kappa shape index (κ2) is 5.41. The summed E-state index contributed by atoms with van der Waals surface area (Å²) >= 11 is 0. The summed E-state index contributed by atoms with van der Waals surface area (Å²) < 4.78 is 5.51. The van der Waals surface area contributed by atoms with Crippen LogP contribution >= 0.6 is 0 Å². The van der Waals surface area contributed by atoms with Crippen LogP contribution in [0.4, 0.5) is 0 Å². The van der Waals surface area contributed by atoms with Gasteiger partial charge in [-0.15, -0.1) is 0 Å². The number of rotatable bonds is 4. The third-order valence-electron chi connectivity index (χ3n) is 2.32. The molecule has 2 N–H and O–H groups in total. The number of aryl methyl sites for hydroxylation is 1. The van der Waals surface area contributed by atoms with Gasteiger partial charge in [0.15, 0.2) is 0 Å². The molecule has 1 aromatic carbocycles. The van der Waals surface area contributed by atoms with Crippen LogP contribution in [0.25, 0.3) is 0 Å². The molecule has 17 heavy (non-hydrogen) atoms. The quantitative estimate of drug-likeness (QED) is 0.872. The number of benzene rings is 1. The lowest BCUT2D eigenvalue weighted by molar-refractivity contribution is 0.441. The molecule has 1 aromatic heterocycles. The molecule has 0 radical (unpaired) electrons. The van der Waals surface area contributed by atoms with Gasteiger partial charge in [-0.1, -0.05) is 12.1 Å². The van der Waals surface area contributed by atoms with E-state index in [0.29, 0.717) is 12.6 Å². The molecule has 4 heteroatoms. The summed E-state index contributed by atoms with van der Waals surface area (Å²) in [6, 6.07) is 8.15. The van der Waals surface area contributed by atoms with E-state index in [1.807, 2.05) is 31.2 Å². The highest BCUT2D eigenvalue weighted by Gasteiger charge is 1.99. The van der Waals surface area contributed by atoms with Crippen LogP contribution in [0.3, 0.4) is 0 Å². The van der Waals surface area contributed by atoms with Crippen LogP contribution in [0.5, 0.6) is 11.8 Å². The molecule has 0 amide bonds. The van der Waals surface area contributed by atoms with E-state index in [9.17, 15) is 0 Å². The maximum absolute atomic E-state index is 5.51. The van der Waals surface area contributed by atoms with Crippen LogP contribution in [0.1, 0.15) is 11.1 Å². The summed E-state index contributed by atoms with van der Waals surface area (Å²) in [6.07, 6.45) is 4.33. The molecule has 0 aliphatic rings. The Morgan fingerprint density at radius 3 is 2.35 bits per heavy atom. The first-order valence-corrected chi connectivity index (χ1v) is 5.53. The fraction of sp³-hybridized carbons (Fsp3) is 0.231. The normalized spacial score (nSPS) is 10.2. The Balaban J connectivity index is 2.05. The molecule has 2 aromatic rings. The van der Waals surface area contributed by atoms with Gasteiger partial charge in [-0.2, -0.15) is 0 Å². The molecule has 0 saturated carbocycles. The summed E-state index contributed by atoms with van der Waals surface area (Å²) in [6.45, 7) is 2.59. The van der Waals surface area contributed by atoms with Crippen LogP contribution < -0.4 is 10.5 Å². The third kappa shape index (κ3) is 3.26. The second-order valence-corrected chi connectivity index (χ2v) is 3.83. The van der Waals surface area contributed by atoms with Crippen LogP contribution in [-0.4, -0.2) is 16.5 Å². The predicted octanol–water partition coefficient (Wildman–Crippen LogP) is 2.08. The van der Waals surface area contributed by atoms with Crippen molar-refractivity contribution in [2.75, 3.05) is 6.54 Å². The zero-order valence-corrected chi connectivity index (χ0v) is 9.76. The van der Waals surface area contributed by atoms with E-state index >= 15 is 0 Å². The zero-order chi connectivity index (χ0) is 12.1. The number of aromatic nitrogens is 2. The number of ether oxygens (including phenoxy) is 1. The van der Waals surface area contributed by atoms with Gasteiger partial charge in [-0.25, -0.2) is 9.97 Å². The molecule has 0 aliphatic heterocycles. The van der Waals surface area contributed by atoms with Crippen molar-refractivity contribution in [2.24, 2.45) is 5.73 Å². The van der Waals surface area contributed by atoms with Gasteiger partial charge in [0.2, 0.25) is 0 Å². The largest absolute Gasteiger partial charge is 0.424 e. The topological polar surface area (TPSA) is 61.0 Å². The van der Waals surface area contributed by atoms with E-state index < -0.39 is 0 Å². The van der Waals surface area contributed by atoms with Crippen molar-refractivity contribution >= 4 is 0 Å². The Morgan fingerprint density at radius 2 is 1.76 bits per heavy atom. The number of hydrogen-bond donors (Lipinski definition) is 1. The van der Waals surface area contributed by atoms with Gasteiger partial charge in [-0.05, 0) is 43.1 Å². The van der Waals surface area contributed by atoms with Crippen LogP contribution in [0, 0.1) is 6.92 Å². The SMILES string of the molecule is Cc1cnc(Oc2ccc(CCN)cc2)nc1. The van der Waals surface area contributed by atoms with E-state index in [-0.39, 0.29) is 0 Å². The van der Waals surface area contributed by atoms with Gasteiger partial charge >= 0.3 is 6.01 Å². The lowest BCUT2D eigenvalue weighted by Crippen LogP contribution is -2.02. The molecule has 0 bridgehead atoms. The van der Waals surface area contributed by atoms with Crippen LogP contribution in [-0.2, 0) is 6.42 Å². The highest BCUT2D eigenvalue weighted by molar-refractivity contribution is 5.29. The minimum Gasteiger partial charge on any atom is -0.424 e. The van der Waals surface area contributed by atoms with Gasteiger partial charge < -0.3 is 10.5 Å². The predicted molar refractivity (Wildman–Crippen MR) is 66.0 cm³/mol. The molecule has 1 heterocycles. The Morgan fingerprint density at radius 1 is 1.12 bits per heavy atom. The lowest BCUT2D eigenvalue weighted by atomic mass is 10.1. The Labute approximate surface area is 100 Å².